The van der Waals surface area contributed by atoms with Crippen LogP contribution in [0.1, 0.15) is 28.1 Å². The summed E-state index contributed by atoms with van der Waals surface area (Å²) in [6.07, 6.45) is 6.87. The molecule has 0 spiro atoms. The average Bonchev–Trinajstić information content (AvgIpc) is 3.09. The van der Waals surface area contributed by atoms with Crippen LogP contribution >= 0.6 is 0 Å². The molecule has 4 rings (SSSR count). The highest BCUT2D eigenvalue weighted by Gasteiger charge is 2.36. The molecule has 1 aliphatic rings. The molecule has 0 aliphatic heterocycles. The fourth-order valence-corrected chi connectivity index (χ4v) is 3.52. The lowest BCUT2D eigenvalue weighted by molar-refractivity contribution is 0.215. The van der Waals surface area contributed by atoms with Crippen molar-refractivity contribution >= 4 is 12.3 Å². The number of nitrogens with zero attached hydrogens (tertiary/aromatic N) is 2. The number of H-pyrrole nitrogens is 1. The Balaban J connectivity index is 1.84. The number of aromatic nitrogens is 2. The molecule has 1 heterocycles. The molecule has 1 aliphatic carbocycles. The van der Waals surface area contributed by atoms with Gasteiger partial charge in [0.05, 0.1) is 6.21 Å². The first-order chi connectivity index (χ1) is 12.3. The zero-order valence-corrected chi connectivity index (χ0v) is 14.0. The summed E-state index contributed by atoms with van der Waals surface area (Å²) in [6.45, 7) is 0. The largest absolute Gasteiger partial charge is 0.399 e. The van der Waals surface area contributed by atoms with Crippen LogP contribution in [0.5, 0.6) is 0 Å². The molecular weight excluding hydrogens is 310 g/mol. The molecule has 4 nitrogen and oxygen atoms in total. The number of benzene rings is 2. The number of hydrogen-bond donors (Lipinski definition) is 1. The van der Waals surface area contributed by atoms with Crippen molar-refractivity contribution in [2.75, 3.05) is 7.11 Å². The lowest BCUT2D eigenvalue weighted by Gasteiger charge is -2.34. The maximum Gasteiger partial charge on any atom is 0.114 e. The third kappa shape index (κ3) is 2.66. The third-order valence-corrected chi connectivity index (χ3v) is 4.76. The van der Waals surface area contributed by atoms with Gasteiger partial charge < -0.3 is 4.84 Å². The molecule has 0 saturated heterocycles. The Labute approximate surface area is 146 Å². The van der Waals surface area contributed by atoms with Crippen LogP contribution in [-0.2, 0) is 16.7 Å². The number of fused-ring (bicyclic) bond motifs is 1. The van der Waals surface area contributed by atoms with Crippen LogP contribution in [0.3, 0.4) is 0 Å². The van der Waals surface area contributed by atoms with Crippen molar-refractivity contribution in [2.24, 2.45) is 5.16 Å². The Hall–Kier alpha value is -3.14. The Morgan fingerprint density at radius 1 is 1.04 bits per heavy atom. The Bertz CT molecular complexity index is 871. The highest BCUT2D eigenvalue weighted by Crippen LogP contribution is 2.41. The molecular formula is C21H19N3O. The normalized spacial score (nSPS) is 15.2. The number of nitrogens with one attached hydrogen (secondary N) is 1. The van der Waals surface area contributed by atoms with E-state index in [1.807, 2.05) is 0 Å². The topological polar surface area (TPSA) is 50.3 Å². The van der Waals surface area contributed by atoms with E-state index in [9.17, 15) is 0 Å². The number of rotatable bonds is 4. The molecule has 0 fully saturated rings. The maximum absolute atomic E-state index is 4.78. The molecule has 2 aromatic carbocycles. The molecule has 0 radical (unpaired) electrons. The summed E-state index contributed by atoms with van der Waals surface area (Å²) in [7, 11) is 1.53. The molecule has 25 heavy (non-hydrogen) atoms. The van der Waals surface area contributed by atoms with E-state index in [1.54, 1.807) is 6.21 Å². The van der Waals surface area contributed by atoms with Crippen molar-refractivity contribution < 1.29 is 4.84 Å². The van der Waals surface area contributed by atoms with Gasteiger partial charge in [-0.25, -0.2) is 0 Å². The molecule has 3 aromatic rings. The molecule has 0 unspecified atom stereocenters. The fraction of sp³-hybridized carbons (Fsp3) is 0.143. The predicted octanol–water partition coefficient (Wildman–Crippen LogP) is 3.95. The number of aromatic amines is 1. The summed E-state index contributed by atoms with van der Waals surface area (Å²) in [5.41, 5.74) is 5.30. The molecule has 0 saturated carbocycles. The second-order valence-corrected chi connectivity index (χ2v) is 6.13. The minimum Gasteiger partial charge on any atom is -0.399 e. The Morgan fingerprint density at radius 3 is 2.28 bits per heavy atom. The van der Waals surface area contributed by atoms with Crippen LogP contribution in [0.15, 0.2) is 71.9 Å². The van der Waals surface area contributed by atoms with Crippen LogP contribution in [0, 0.1) is 0 Å². The van der Waals surface area contributed by atoms with E-state index in [0.717, 1.165) is 23.4 Å². The van der Waals surface area contributed by atoms with E-state index in [1.165, 1.54) is 18.2 Å². The second-order valence-electron chi connectivity index (χ2n) is 6.13. The quantitative estimate of drug-likeness (QED) is 0.582. The predicted molar refractivity (Wildman–Crippen MR) is 99.6 cm³/mol. The van der Waals surface area contributed by atoms with Gasteiger partial charge in [0.1, 0.15) is 12.8 Å². The molecule has 4 heteroatoms. The van der Waals surface area contributed by atoms with E-state index in [-0.39, 0.29) is 5.41 Å². The number of allylic oxidation sites excluding steroid dienone is 1. The lowest BCUT2D eigenvalue weighted by Crippen LogP contribution is -2.30. The summed E-state index contributed by atoms with van der Waals surface area (Å²) in [5, 5.41) is 11.4. The van der Waals surface area contributed by atoms with Gasteiger partial charge in [0.2, 0.25) is 0 Å². The number of oxime groups is 1. The van der Waals surface area contributed by atoms with Crippen molar-refractivity contribution in [2.45, 2.75) is 11.8 Å². The summed E-state index contributed by atoms with van der Waals surface area (Å²) < 4.78 is 0. The Morgan fingerprint density at radius 2 is 1.68 bits per heavy atom. The zero-order chi connectivity index (χ0) is 17.1. The first-order valence-corrected chi connectivity index (χ1v) is 8.27. The molecule has 0 bridgehead atoms. The lowest BCUT2D eigenvalue weighted by atomic mass is 9.68. The monoisotopic (exact) mass is 329 g/mol. The third-order valence-electron chi connectivity index (χ3n) is 4.76. The van der Waals surface area contributed by atoms with Gasteiger partial charge in [0.25, 0.3) is 0 Å². The van der Waals surface area contributed by atoms with Gasteiger partial charge in [-0.2, -0.15) is 5.10 Å². The molecule has 124 valence electrons. The van der Waals surface area contributed by atoms with Crippen molar-refractivity contribution in [3.8, 4) is 0 Å². The molecule has 0 atom stereocenters. The minimum atomic E-state index is -0.211. The van der Waals surface area contributed by atoms with E-state index >= 15 is 0 Å². The summed E-state index contributed by atoms with van der Waals surface area (Å²) in [5.74, 6) is 0. The van der Waals surface area contributed by atoms with Crippen LogP contribution in [0.25, 0.3) is 6.08 Å². The van der Waals surface area contributed by atoms with Crippen LogP contribution in [-0.4, -0.2) is 23.5 Å². The van der Waals surface area contributed by atoms with Gasteiger partial charge in [-0.3, -0.25) is 5.10 Å². The van der Waals surface area contributed by atoms with E-state index in [4.69, 9.17) is 4.84 Å². The van der Waals surface area contributed by atoms with Crippen molar-refractivity contribution in [3.63, 3.8) is 0 Å². The average molecular weight is 329 g/mol. The van der Waals surface area contributed by atoms with Crippen LogP contribution in [0.4, 0.5) is 0 Å². The van der Waals surface area contributed by atoms with Crippen molar-refractivity contribution in [1.82, 2.24) is 10.2 Å². The Kier molecular flexibility index (Phi) is 3.94. The summed E-state index contributed by atoms with van der Waals surface area (Å²) in [4.78, 5) is 4.78. The zero-order valence-electron chi connectivity index (χ0n) is 14.0. The van der Waals surface area contributed by atoms with Gasteiger partial charge in [-0.15, -0.1) is 0 Å². The smallest absolute Gasteiger partial charge is 0.114 e. The fourth-order valence-electron chi connectivity index (χ4n) is 3.52. The maximum atomic E-state index is 4.78. The van der Waals surface area contributed by atoms with E-state index in [0.29, 0.717) is 0 Å². The molecule has 0 amide bonds. The molecule has 1 N–H and O–H groups in total. The van der Waals surface area contributed by atoms with Crippen LogP contribution < -0.4 is 0 Å². The highest BCUT2D eigenvalue weighted by atomic mass is 16.6. The molecule has 1 aromatic heterocycles. The minimum absolute atomic E-state index is 0.211. The second kappa shape index (κ2) is 6.40. The van der Waals surface area contributed by atoms with Gasteiger partial charge in [0, 0.05) is 23.1 Å². The van der Waals surface area contributed by atoms with Gasteiger partial charge in [-0.1, -0.05) is 78.0 Å². The van der Waals surface area contributed by atoms with E-state index in [2.05, 4.69) is 88.2 Å². The number of hydrogen-bond acceptors (Lipinski definition) is 3. The standard InChI is InChI=1S/C21H19N3O/c1-25-22-15-20-18-12-13-21(14-19(18)23-24-20,16-8-4-2-5-9-16)17-10-6-3-7-11-17/h2-13,15H,14H2,1H3,(H,23,24). The summed E-state index contributed by atoms with van der Waals surface area (Å²) in [6, 6.07) is 21.2. The van der Waals surface area contributed by atoms with E-state index < -0.39 is 0 Å². The van der Waals surface area contributed by atoms with Gasteiger partial charge in [-0.05, 0) is 11.1 Å². The summed E-state index contributed by atoms with van der Waals surface area (Å²) >= 11 is 0. The first-order valence-electron chi connectivity index (χ1n) is 8.27. The van der Waals surface area contributed by atoms with Crippen molar-refractivity contribution in [1.29, 1.82) is 0 Å². The van der Waals surface area contributed by atoms with Gasteiger partial charge >= 0.3 is 0 Å². The SMILES string of the molecule is CON=Cc1n[nH]c2c1C=CC(c1ccccc1)(c1ccccc1)C2. The van der Waals surface area contributed by atoms with Crippen LogP contribution in [0.2, 0.25) is 0 Å². The van der Waals surface area contributed by atoms with Crippen molar-refractivity contribution in [3.05, 3.63) is 94.8 Å². The highest BCUT2D eigenvalue weighted by molar-refractivity contribution is 5.84. The van der Waals surface area contributed by atoms with Gasteiger partial charge in [0.15, 0.2) is 0 Å². The first kappa shape index (κ1) is 15.4.